The van der Waals surface area contributed by atoms with Gasteiger partial charge in [0.05, 0.1) is 6.07 Å². The van der Waals surface area contributed by atoms with Crippen LogP contribution in [0.1, 0.15) is 44.9 Å². The summed E-state index contributed by atoms with van der Waals surface area (Å²) >= 11 is 1.76. The van der Waals surface area contributed by atoms with Crippen molar-refractivity contribution in [3.8, 4) is 6.07 Å². The fraction of sp³-hybridized carbons (Fsp3) is 0.786. The molecule has 1 aromatic heterocycles. The molecule has 1 aliphatic rings. The highest BCUT2D eigenvalue weighted by Gasteiger charge is 2.20. The second kappa shape index (κ2) is 7.09. The topological polar surface area (TPSA) is 66.5 Å². The fourth-order valence-electron chi connectivity index (χ4n) is 2.39. The van der Waals surface area contributed by atoms with E-state index in [1.165, 1.54) is 19.3 Å². The van der Waals surface area contributed by atoms with E-state index in [4.69, 9.17) is 5.26 Å². The van der Waals surface area contributed by atoms with Gasteiger partial charge in [0.15, 0.2) is 5.16 Å². The maximum absolute atomic E-state index is 9.11. The zero-order valence-electron chi connectivity index (χ0n) is 12.4. The van der Waals surface area contributed by atoms with Crippen LogP contribution in [0.25, 0.3) is 0 Å². The van der Waals surface area contributed by atoms with Crippen molar-refractivity contribution in [3.63, 3.8) is 0 Å². The van der Waals surface area contributed by atoms with Crippen LogP contribution in [0.2, 0.25) is 0 Å². The Bertz CT molecular complexity index is 478. The van der Waals surface area contributed by atoms with Crippen LogP contribution in [-0.4, -0.2) is 33.1 Å². The Hall–Kier alpha value is -1.06. The van der Waals surface area contributed by atoms with Gasteiger partial charge in [0, 0.05) is 18.7 Å². The molecule has 1 unspecified atom stereocenters. The van der Waals surface area contributed by atoms with Crippen LogP contribution in [0.3, 0.4) is 0 Å². The minimum absolute atomic E-state index is 0.414. The average Bonchev–Trinajstić information content (AvgIpc) is 2.71. The number of nitrogens with zero attached hydrogens (tertiary/aromatic N) is 4. The molecule has 0 radical (unpaired) electrons. The second-order valence-corrected chi connectivity index (χ2v) is 6.57. The molecule has 0 amide bonds. The molecule has 2 rings (SSSR count). The van der Waals surface area contributed by atoms with Gasteiger partial charge >= 0.3 is 0 Å². The lowest BCUT2D eigenvalue weighted by molar-refractivity contribution is 0.451. The van der Waals surface area contributed by atoms with E-state index < -0.39 is 5.54 Å². The highest BCUT2D eigenvalue weighted by Crippen LogP contribution is 2.23. The van der Waals surface area contributed by atoms with Crippen LogP contribution < -0.4 is 5.32 Å². The second-order valence-electron chi connectivity index (χ2n) is 5.51. The highest BCUT2D eigenvalue weighted by molar-refractivity contribution is 7.99. The van der Waals surface area contributed by atoms with Crippen LogP contribution in [0.5, 0.6) is 0 Å². The van der Waals surface area contributed by atoms with E-state index in [1.807, 2.05) is 14.0 Å². The van der Waals surface area contributed by atoms with Gasteiger partial charge in [-0.05, 0) is 39.7 Å². The maximum atomic E-state index is 9.11. The Labute approximate surface area is 125 Å². The zero-order valence-corrected chi connectivity index (χ0v) is 13.2. The van der Waals surface area contributed by atoms with Crippen molar-refractivity contribution < 1.29 is 0 Å². The lowest BCUT2D eigenvalue weighted by Crippen LogP contribution is -2.37. The van der Waals surface area contributed by atoms with Gasteiger partial charge in [-0.3, -0.25) is 0 Å². The number of aromatic nitrogens is 3. The van der Waals surface area contributed by atoms with E-state index in [1.54, 1.807) is 11.8 Å². The molecule has 5 nitrogen and oxygen atoms in total. The van der Waals surface area contributed by atoms with Gasteiger partial charge in [-0.1, -0.05) is 18.2 Å². The van der Waals surface area contributed by atoms with Crippen molar-refractivity contribution >= 4 is 11.8 Å². The summed E-state index contributed by atoms with van der Waals surface area (Å²) in [5, 5.41) is 21.8. The minimum atomic E-state index is -0.414. The summed E-state index contributed by atoms with van der Waals surface area (Å²) in [6, 6.07) is 2.33. The smallest absolute Gasteiger partial charge is 0.191 e. The third-order valence-corrected chi connectivity index (χ3v) is 4.98. The summed E-state index contributed by atoms with van der Waals surface area (Å²) in [7, 11) is 1.84. The van der Waals surface area contributed by atoms with E-state index in [0.29, 0.717) is 0 Å². The molecule has 110 valence electrons. The number of nitriles is 1. The highest BCUT2D eigenvalue weighted by atomic mass is 32.2. The van der Waals surface area contributed by atoms with E-state index >= 15 is 0 Å². The van der Waals surface area contributed by atoms with Gasteiger partial charge in [-0.15, -0.1) is 10.2 Å². The van der Waals surface area contributed by atoms with Gasteiger partial charge in [0.1, 0.15) is 11.4 Å². The first-order valence-corrected chi connectivity index (χ1v) is 8.32. The molecule has 1 aliphatic heterocycles. The third-order valence-electron chi connectivity index (χ3n) is 3.93. The Morgan fingerprint density at radius 3 is 3.00 bits per heavy atom. The van der Waals surface area contributed by atoms with E-state index in [9.17, 15) is 0 Å². The molecule has 20 heavy (non-hydrogen) atoms. The monoisotopic (exact) mass is 293 g/mol. The molecule has 2 heterocycles. The lowest BCUT2D eigenvalue weighted by Gasteiger charge is -2.20. The van der Waals surface area contributed by atoms with Crippen molar-refractivity contribution in [2.24, 2.45) is 0 Å². The molecule has 0 bridgehead atoms. The molecule has 0 aromatic carbocycles. The molecule has 0 aliphatic carbocycles. The Balaban J connectivity index is 1.83. The zero-order chi connectivity index (χ0) is 14.4. The van der Waals surface area contributed by atoms with Crippen LogP contribution >= 0.6 is 11.8 Å². The van der Waals surface area contributed by atoms with Crippen molar-refractivity contribution in [1.29, 1.82) is 5.26 Å². The van der Waals surface area contributed by atoms with Gasteiger partial charge in [-0.2, -0.15) is 5.26 Å². The number of aryl methyl sites for hydroxylation is 1. The number of hydrogen-bond acceptors (Lipinski definition) is 5. The predicted molar refractivity (Wildman–Crippen MR) is 80.6 cm³/mol. The van der Waals surface area contributed by atoms with E-state index in [2.05, 4.69) is 26.2 Å². The normalized spacial score (nSPS) is 17.9. The molecule has 1 atom stereocenters. The summed E-state index contributed by atoms with van der Waals surface area (Å²) in [5.74, 6) is 2.12. The van der Waals surface area contributed by atoms with Crippen LogP contribution in [0.4, 0.5) is 0 Å². The van der Waals surface area contributed by atoms with Gasteiger partial charge in [0.2, 0.25) is 0 Å². The summed E-state index contributed by atoms with van der Waals surface area (Å²) in [6.45, 7) is 3.00. The standard InChI is InChI=1S/C14H23N5S/c1-14(11-15,16-2)8-6-10-20-13-18-17-12-7-4-3-5-9-19(12)13/h16H,3-10H2,1-2H3. The maximum Gasteiger partial charge on any atom is 0.191 e. The fourth-order valence-corrected chi connectivity index (χ4v) is 3.31. The molecule has 1 N–H and O–H groups in total. The summed E-state index contributed by atoms with van der Waals surface area (Å²) in [4.78, 5) is 0. The molecule has 0 saturated carbocycles. The minimum Gasteiger partial charge on any atom is -0.306 e. The molecular weight excluding hydrogens is 270 g/mol. The summed E-state index contributed by atoms with van der Waals surface area (Å²) < 4.78 is 2.28. The van der Waals surface area contributed by atoms with Crippen LogP contribution in [-0.2, 0) is 13.0 Å². The Kier molecular flexibility index (Phi) is 5.44. The van der Waals surface area contributed by atoms with Crippen molar-refractivity contribution in [2.45, 2.75) is 62.7 Å². The lowest BCUT2D eigenvalue weighted by atomic mass is 9.99. The number of rotatable bonds is 6. The van der Waals surface area contributed by atoms with Gasteiger partial charge in [-0.25, -0.2) is 0 Å². The van der Waals surface area contributed by atoms with Crippen molar-refractivity contribution in [3.05, 3.63) is 5.82 Å². The molecule has 0 spiro atoms. The molecule has 0 fully saturated rings. The van der Waals surface area contributed by atoms with Gasteiger partial charge in [0.25, 0.3) is 0 Å². The quantitative estimate of drug-likeness (QED) is 0.644. The van der Waals surface area contributed by atoms with Crippen LogP contribution in [0.15, 0.2) is 5.16 Å². The van der Waals surface area contributed by atoms with Gasteiger partial charge < -0.3 is 9.88 Å². The van der Waals surface area contributed by atoms with E-state index in [0.717, 1.165) is 42.5 Å². The third kappa shape index (κ3) is 3.74. The number of thioether (sulfide) groups is 1. The number of hydrogen-bond donors (Lipinski definition) is 1. The number of fused-ring (bicyclic) bond motifs is 1. The molecular formula is C14H23N5S. The molecule has 1 aromatic rings. The first-order chi connectivity index (χ1) is 9.68. The predicted octanol–water partition coefficient (Wildman–Crippen LogP) is 2.38. The molecule has 6 heteroatoms. The SMILES string of the molecule is CNC(C)(C#N)CCCSc1nnc2n1CCCCC2. The van der Waals surface area contributed by atoms with E-state index in [-0.39, 0.29) is 0 Å². The Morgan fingerprint density at radius 1 is 1.40 bits per heavy atom. The summed E-state index contributed by atoms with van der Waals surface area (Å²) in [6.07, 6.45) is 6.65. The average molecular weight is 293 g/mol. The first-order valence-electron chi connectivity index (χ1n) is 7.33. The first kappa shape index (κ1) is 15.3. The van der Waals surface area contributed by atoms with Crippen LogP contribution in [0, 0.1) is 11.3 Å². The summed E-state index contributed by atoms with van der Waals surface area (Å²) in [5.41, 5.74) is -0.414. The largest absolute Gasteiger partial charge is 0.306 e. The van der Waals surface area contributed by atoms with Crippen molar-refractivity contribution in [2.75, 3.05) is 12.8 Å². The van der Waals surface area contributed by atoms with Crippen molar-refractivity contribution in [1.82, 2.24) is 20.1 Å². The molecule has 0 saturated heterocycles. The number of nitrogens with one attached hydrogen (secondary N) is 1. The Morgan fingerprint density at radius 2 is 2.25 bits per heavy atom.